The summed E-state index contributed by atoms with van der Waals surface area (Å²) in [5.41, 5.74) is 4.50. The maximum atomic E-state index is 13.4. The summed E-state index contributed by atoms with van der Waals surface area (Å²) in [5, 5.41) is 5.14. The number of furan rings is 1. The van der Waals surface area contributed by atoms with Gasteiger partial charge in [0.05, 0.1) is 41.0 Å². The molecular formula is C32H40N6O5. The highest BCUT2D eigenvalue weighted by molar-refractivity contribution is 6.19. The predicted octanol–water partition coefficient (Wildman–Crippen LogP) is 3.84. The van der Waals surface area contributed by atoms with Crippen LogP contribution in [0.1, 0.15) is 43.3 Å². The van der Waals surface area contributed by atoms with E-state index in [0.29, 0.717) is 56.0 Å². The van der Waals surface area contributed by atoms with Crippen molar-refractivity contribution in [2.75, 3.05) is 37.0 Å². The Labute approximate surface area is 251 Å². The molecule has 0 bridgehead atoms. The van der Waals surface area contributed by atoms with E-state index in [1.807, 2.05) is 56.0 Å². The number of carbonyl (C=O) groups excluding carboxylic acids is 2. The number of nitrogens with zero attached hydrogens (tertiary/aromatic N) is 6. The Hall–Kier alpha value is -4.22. The summed E-state index contributed by atoms with van der Waals surface area (Å²) in [7, 11) is 5.28. The zero-order chi connectivity index (χ0) is 31.1. The summed E-state index contributed by atoms with van der Waals surface area (Å²) in [6.45, 7) is 10.3. The fourth-order valence-electron chi connectivity index (χ4n) is 5.89. The van der Waals surface area contributed by atoms with Gasteiger partial charge in [-0.3, -0.25) is 24.0 Å². The van der Waals surface area contributed by atoms with E-state index in [1.165, 1.54) is 0 Å². The van der Waals surface area contributed by atoms with Crippen molar-refractivity contribution in [3.8, 4) is 0 Å². The van der Waals surface area contributed by atoms with Crippen LogP contribution in [0, 0.1) is 12.3 Å². The van der Waals surface area contributed by atoms with Crippen LogP contribution in [0.3, 0.4) is 0 Å². The highest BCUT2D eigenvalue weighted by atomic mass is 16.5. The van der Waals surface area contributed by atoms with Gasteiger partial charge >= 0.3 is 0 Å². The van der Waals surface area contributed by atoms with E-state index < -0.39 is 5.41 Å². The molecule has 3 aromatic heterocycles. The highest BCUT2D eigenvalue weighted by Gasteiger charge is 2.45. The lowest BCUT2D eigenvalue weighted by Gasteiger charge is -2.27. The van der Waals surface area contributed by atoms with Gasteiger partial charge in [-0.15, -0.1) is 0 Å². The summed E-state index contributed by atoms with van der Waals surface area (Å²) in [6, 6.07) is 9.67. The lowest BCUT2D eigenvalue weighted by Crippen LogP contribution is -2.47. The van der Waals surface area contributed by atoms with Gasteiger partial charge in [0.2, 0.25) is 11.8 Å². The molecule has 0 saturated carbocycles. The summed E-state index contributed by atoms with van der Waals surface area (Å²) >= 11 is 0. The van der Waals surface area contributed by atoms with Crippen LogP contribution in [0.15, 0.2) is 52.0 Å². The number of amides is 2. The Bertz CT molecular complexity index is 1730. The molecular weight excluding hydrogens is 548 g/mol. The molecule has 43 heavy (non-hydrogen) atoms. The molecule has 11 heteroatoms. The second-order valence-corrected chi connectivity index (χ2v) is 11.7. The van der Waals surface area contributed by atoms with Gasteiger partial charge in [-0.05, 0) is 57.5 Å². The smallest absolute Gasteiger partial charge is 0.261 e. The standard InChI is InChI=1S/C32H40N6O5/c1-8-38-26-10-9-22(15-27(26)34(5)30(40)32(3,4)31(38)41)18-36(19-24-16-23(20-42-7)33-35(24)6)12-13-37-17-21(2)28-25(29(37)39)11-14-43-28/h9-11,14-17H,8,12-13,18-20H2,1-7H3. The normalized spacial score (nSPS) is 15.1. The van der Waals surface area contributed by atoms with Gasteiger partial charge in [0, 0.05) is 65.7 Å². The molecule has 4 heterocycles. The Morgan fingerprint density at radius 3 is 2.51 bits per heavy atom. The van der Waals surface area contributed by atoms with Gasteiger partial charge in [0.25, 0.3) is 5.56 Å². The Morgan fingerprint density at radius 1 is 1.02 bits per heavy atom. The number of benzene rings is 1. The first-order chi connectivity index (χ1) is 20.5. The Morgan fingerprint density at radius 2 is 1.79 bits per heavy atom. The van der Waals surface area contributed by atoms with Crippen LogP contribution in [0.2, 0.25) is 0 Å². The van der Waals surface area contributed by atoms with Crippen LogP contribution in [-0.4, -0.2) is 58.3 Å². The van der Waals surface area contributed by atoms with Crippen LogP contribution in [0.25, 0.3) is 11.0 Å². The van der Waals surface area contributed by atoms with Crippen LogP contribution in [-0.2, 0) is 47.6 Å². The van der Waals surface area contributed by atoms with E-state index >= 15 is 0 Å². The van der Waals surface area contributed by atoms with Gasteiger partial charge in [-0.2, -0.15) is 5.10 Å². The van der Waals surface area contributed by atoms with Crippen LogP contribution in [0.5, 0.6) is 0 Å². The van der Waals surface area contributed by atoms with Gasteiger partial charge in [0.15, 0.2) is 0 Å². The number of hydrogen-bond acceptors (Lipinski definition) is 7. The van der Waals surface area contributed by atoms with Crippen molar-refractivity contribution in [1.29, 1.82) is 0 Å². The monoisotopic (exact) mass is 588 g/mol. The third kappa shape index (κ3) is 5.62. The molecule has 228 valence electrons. The second-order valence-electron chi connectivity index (χ2n) is 11.7. The quantitative estimate of drug-likeness (QED) is 0.259. The van der Waals surface area contributed by atoms with Crippen molar-refractivity contribution in [1.82, 2.24) is 19.2 Å². The predicted molar refractivity (Wildman–Crippen MR) is 165 cm³/mol. The number of aromatic nitrogens is 3. The minimum Gasteiger partial charge on any atom is -0.464 e. The molecule has 1 aliphatic rings. The molecule has 0 saturated heterocycles. The lowest BCUT2D eigenvalue weighted by molar-refractivity contribution is -0.137. The first-order valence-electron chi connectivity index (χ1n) is 14.5. The number of anilines is 2. The van der Waals surface area contributed by atoms with E-state index in [0.717, 1.165) is 28.2 Å². The third-order valence-corrected chi connectivity index (χ3v) is 8.26. The number of ether oxygens (including phenoxy) is 1. The van der Waals surface area contributed by atoms with Crippen LogP contribution < -0.4 is 15.4 Å². The fraction of sp³-hybridized carbons (Fsp3) is 0.438. The van der Waals surface area contributed by atoms with E-state index in [9.17, 15) is 14.4 Å². The van der Waals surface area contributed by atoms with Crippen molar-refractivity contribution in [3.05, 3.63) is 75.7 Å². The summed E-state index contributed by atoms with van der Waals surface area (Å²) in [5.74, 6) is -0.452. The molecule has 4 aromatic rings. The molecule has 0 spiro atoms. The summed E-state index contributed by atoms with van der Waals surface area (Å²) in [6.07, 6.45) is 3.39. The number of hydrogen-bond donors (Lipinski definition) is 0. The van der Waals surface area contributed by atoms with Gasteiger partial charge in [-0.1, -0.05) is 6.07 Å². The topological polar surface area (TPSA) is 106 Å². The number of pyridine rings is 1. The highest BCUT2D eigenvalue weighted by Crippen LogP contribution is 2.39. The van der Waals surface area contributed by atoms with E-state index in [2.05, 4.69) is 10.00 Å². The molecule has 1 aromatic carbocycles. The van der Waals surface area contributed by atoms with Crippen molar-refractivity contribution in [2.45, 2.75) is 53.9 Å². The van der Waals surface area contributed by atoms with Crippen molar-refractivity contribution < 1.29 is 18.7 Å². The third-order valence-electron chi connectivity index (χ3n) is 8.26. The summed E-state index contributed by atoms with van der Waals surface area (Å²) in [4.78, 5) is 45.4. The fourth-order valence-corrected chi connectivity index (χ4v) is 5.89. The SMILES string of the molecule is CCN1C(=O)C(C)(C)C(=O)N(C)c2cc(CN(CCn3cc(C)c4occc4c3=O)Cc3cc(COC)nn3C)ccc21. The maximum absolute atomic E-state index is 13.4. The lowest BCUT2D eigenvalue weighted by atomic mass is 9.90. The zero-order valence-electron chi connectivity index (χ0n) is 26.0. The molecule has 2 amide bonds. The summed E-state index contributed by atoms with van der Waals surface area (Å²) < 4.78 is 14.4. The Balaban J connectivity index is 1.48. The Kier molecular flexibility index (Phi) is 8.31. The van der Waals surface area contributed by atoms with E-state index in [-0.39, 0.29) is 17.4 Å². The zero-order valence-corrected chi connectivity index (χ0v) is 26.0. The number of rotatable bonds is 10. The number of fused-ring (bicyclic) bond motifs is 2. The maximum Gasteiger partial charge on any atom is 0.261 e. The number of aryl methyl sites for hydroxylation is 2. The van der Waals surface area contributed by atoms with Crippen molar-refractivity contribution in [3.63, 3.8) is 0 Å². The first kappa shape index (κ1) is 30.2. The van der Waals surface area contributed by atoms with E-state index in [1.54, 1.807) is 54.7 Å². The van der Waals surface area contributed by atoms with Crippen molar-refractivity contribution >= 4 is 34.2 Å². The molecule has 11 nitrogen and oxygen atoms in total. The van der Waals surface area contributed by atoms with Gasteiger partial charge < -0.3 is 23.5 Å². The molecule has 0 N–H and O–H groups in total. The first-order valence-corrected chi connectivity index (χ1v) is 14.5. The molecule has 1 aliphatic heterocycles. The van der Waals surface area contributed by atoms with Crippen LogP contribution in [0.4, 0.5) is 11.4 Å². The van der Waals surface area contributed by atoms with Crippen LogP contribution >= 0.6 is 0 Å². The molecule has 0 aliphatic carbocycles. The molecule has 0 fully saturated rings. The molecule has 5 rings (SSSR count). The second kappa shape index (κ2) is 11.8. The van der Waals surface area contributed by atoms with Gasteiger partial charge in [0.1, 0.15) is 11.0 Å². The number of carbonyl (C=O) groups is 2. The average molecular weight is 589 g/mol. The molecule has 0 unspecified atom stereocenters. The minimum atomic E-state index is -1.17. The average Bonchev–Trinajstić information content (AvgIpc) is 3.60. The molecule has 0 atom stereocenters. The largest absolute Gasteiger partial charge is 0.464 e. The minimum absolute atomic E-state index is 0.0886. The van der Waals surface area contributed by atoms with Gasteiger partial charge in [-0.25, -0.2) is 0 Å². The molecule has 0 radical (unpaired) electrons. The number of methoxy groups -OCH3 is 1. The van der Waals surface area contributed by atoms with Crippen molar-refractivity contribution in [2.24, 2.45) is 12.5 Å². The van der Waals surface area contributed by atoms with E-state index in [4.69, 9.17) is 9.15 Å².